The molecule has 3 rings (SSSR count). The molecule has 208 valence electrons. The lowest BCUT2D eigenvalue weighted by Crippen LogP contribution is -2.51. The highest BCUT2D eigenvalue weighted by Gasteiger charge is 2.33. The molecule has 0 spiro atoms. The second-order valence-corrected chi connectivity index (χ2v) is 12.1. The van der Waals surface area contributed by atoms with Crippen molar-refractivity contribution in [3.63, 3.8) is 0 Å². The summed E-state index contributed by atoms with van der Waals surface area (Å²) >= 11 is 12.6. The highest BCUT2D eigenvalue weighted by molar-refractivity contribution is 7.92. The lowest BCUT2D eigenvalue weighted by molar-refractivity contribution is -0.139. The second kappa shape index (κ2) is 13.3. The first-order valence-corrected chi connectivity index (χ1v) is 14.8. The molecule has 1 unspecified atom stereocenters. The molecule has 0 saturated heterocycles. The first-order valence-electron chi connectivity index (χ1n) is 12.6. The van der Waals surface area contributed by atoms with Crippen LogP contribution in [0.3, 0.4) is 0 Å². The molecule has 39 heavy (non-hydrogen) atoms. The first-order chi connectivity index (χ1) is 18.4. The highest BCUT2D eigenvalue weighted by atomic mass is 35.5. The van der Waals surface area contributed by atoms with Crippen LogP contribution < -0.4 is 9.62 Å². The quantitative estimate of drug-likeness (QED) is 0.308. The van der Waals surface area contributed by atoms with Crippen LogP contribution >= 0.6 is 23.2 Å². The number of carbonyl (C=O) groups is 2. The molecule has 0 aliphatic rings. The van der Waals surface area contributed by atoms with Gasteiger partial charge in [0.15, 0.2) is 0 Å². The average Bonchev–Trinajstić information content (AvgIpc) is 2.91. The third-order valence-corrected chi connectivity index (χ3v) is 8.58. The fraction of sp³-hybridized carbons (Fsp3) is 0.310. The minimum atomic E-state index is -4.24. The van der Waals surface area contributed by atoms with E-state index in [-0.39, 0.29) is 33.1 Å². The van der Waals surface area contributed by atoms with Crippen LogP contribution in [0, 0.1) is 13.8 Å². The largest absolute Gasteiger partial charge is 0.354 e. The van der Waals surface area contributed by atoms with Crippen molar-refractivity contribution < 1.29 is 18.0 Å². The summed E-state index contributed by atoms with van der Waals surface area (Å²) in [4.78, 5) is 28.2. The Morgan fingerprint density at radius 2 is 1.51 bits per heavy atom. The van der Waals surface area contributed by atoms with Gasteiger partial charge >= 0.3 is 0 Å². The number of hydrogen-bond acceptors (Lipinski definition) is 4. The van der Waals surface area contributed by atoms with E-state index in [1.54, 1.807) is 19.1 Å². The summed E-state index contributed by atoms with van der Waals surface area (Å²) in [6.45, 7) is 7.34. The van der Waals surface area contributed by atoms with E-state index in [2.05, 4.69) is 5.32 Å². The van der Waals surface area contributed by atoms with E-state index in [0.717, 1.165) is 27.4 Å². The van der Waals surface area contributed by atoms with Crippen molar-refractivity contribution in [2.45, 2.75) is 51.6 Å². The van der Waals surface area contributed by atoms with E-state index in [9.17, 15) is 18.0 Å². The highest BCUT2D eigenvalue weighted by Crippen LogP contribution is 2.33. The third kappa shape index (κ3) is 7.75. The zero-order valence-corrected chi connectivity index (χ0v) is 24.8. The Hall–Kier alpha value is -3.07. The molecule has 0 heterocycles. The van der Waals surface area contributed by atoms with Crippen molar-refractivity contribution in [2.75, 3.05) is 17.4 Å². The Kier molecular flexibility index (Phi) is 10.4. The van der Waals surface area contributed by atoms with Crippen molar-refractivity contribution in [3.8, 4) is 0 Å². The lowest BCUT2D eigenvalue weighted by atomic mass is 10.1. The Balaban J connectivity index is 2.05. The van der Waals surface area contributed by atoms with E-state index >= 15 is 0 Å². The van der Waals surface area contributed by atoms with Gasteiger partial charge in [0.1, 0.15) is 12.6 Å². The Morgan fingerprint density at radius 3 is 2.10 bits per heavy atom. The van der Waals surface area contributed by atoms with Crippen LogP contribution in [-0.4, -0.2) is 44.3 Å². The van der Waals surface area contributed by atoms with Crippen molar-refractivity contribution in [2.24, 2.45) is 0 Å². The zero-order chi connectivity index (χ0) is 28.7. The number of aryl methyl sites for hydroxylation is 2. The summed E-state index contributed by atoms with van der Waals surface area (Å²) in [6.07, 6.45) is 0.736. The normalized spacial score (nSPS) is 12.1. The van der Waals surface area contributed by atoms with Crippen LogP contribution in [0.15, 0.2) is 71.6 Å². The molecule has 1 atom stereocenters. The summed E-state index contributed by atoms with van der Waals surface area (Å²) in [5.41, 5.74) is 2.80. The summed E-state index contributed by atoms with van der Waals surface area (Å²) in [5, 5.41) is 3.19. The van der Waals surface area contributed by atoms with E-state index in [4.69, 9.17) is 23.2 Å². The molecular formula is C29H33Cl2N3O4S. The summed E-state index contributed by atoms with van der Waals surface area (Å²) in [5.74, 6) is -0.896. The number of halogens is 2. The minimum Gasteiger partial charge on any atom is -0.354 e. The van der Waals surface area contributed by atoms with Gasteiger partial charge in [-0.15, -0.1) is 0 Å². The van der Waals surface area contributed by atoms with E-state index in [1.165, 1.54) is 35.2 Å². The molecule has 0 aliphatic heterocycles. The van der Waals surface area contributed by atoms with E-state index < -0.39 is 28.5 Å². The van der Waals surface area contributed by atoms with Gasteiger partial charge in [0.25, 0.3) is 10.0 Å². The zero-order valence-electron chi connectivity index (χ0n) is 22.4. The minimum absolute atomic E-state index is 0.00392. The third-order valence-electron chi connectivity index (χ3n) is 6.25. The van der Waals surface area contributed by atoms with Gasteiger partial charge in [0.2, 0.25) is 11.8 Å². The molecule has 3 aromatic rings. The van der Waals surface area contributed by atoms with E-state index in [0.29, 0.717) is 6.54 Å². The summed E-state index contributed by atoms with van der Waals surface area (Å²) < 4.78 is 28.7. The number of hydrogen-bond donors (Lipinski definition) is 1. The number of amides is 2. The fourth-order valence-electron chi connectivity index (χ4n) is 3.90. The maximum atomic E-state index is 13.9. The van der Waals surface area contributed by atoms with Crippen LogP contribution in [-0.2, 0) is 26.2 Å². The van der Waals surface area contributed by atoms with Crippen molar-refractivity contribution in [1.82, 2.24) is 10.2 Å². The number of anilines is 1. The predicted octanol–water partition coefficient (Wildman–Crippen LogP) is 5.75. The number of sulfonamides is 1. The average molecular weight is 591 g/mol. The fourth-order valence-corrected chi connectivity index (χ4v) is 5.76. The SMILES string of the molecule is CCCNC(=O)C(C)N(Cc1ccc(C)cc1)C(=O)CN(c1cc(Cl)ccc1Cl)S(=O)(=O)c1ccc(C)cc1. The smallest absolute Gasteiger partial charge is 0.264 e. The maximum Gasteiger partial charge on any atom is 0.264 e. The Labute approximate surface area is 240 Å². The number of benzene rings is 3. The van der Waals surface area contributed by atoms with Crippen molar-refractivity contribution >= 4 is 50.7 Å². The Bertz CT molecular complexity index is 1410. The lowest BCUT2D eigenvalue weighted by Gasteiger charge is -2.32. The van der Waals surface area contributed by atoms with Gasteiger partial charge in [-0.25, -0.2) is 8.42 Å². The number of carbonyl (C=O) groups excluding carboxylic acids is 2. The van der Waals surface area contributed by atoms with Gasteiger partial charge in [0, 0.05) is 18.1 Å². The van der Waals surface area contributed by atoms with Crippen LogP contribution in [0.1, 0.15) is 37.0 Å². The van der Waals surface area contributed by atoms with Gasteiger partial charge in [-0.05, 0) is 63.1 Å². The Morgan fingerprint density at radius 1 is 0.923 bits per heavy atom. The molecule has 3 aromatic carbocycles. The van der Waals surface area contributed by atoms with Gasteiger partial charge in [-0.1, -0.05) is 77.7 Å². The molecule has 10 heteroatoms. The van der Waals surface area contributed by atoms with Crippen LogP contribution in [0.5, 0.6) is 0 Å². The summed E-state index contributed by atoms with van der Waals surface area (Å²) in [6, 6.07) is 17.5. The topological polar surface area (TPSA) is 86.8 Å². The van der Waals surface area contributed by atoms with Crippen molar-refractivity contribution in [1.29, 1.82) is 0 Å². The molecule has 0 bridgehead atoms. The van der Waals surface area contributed by atoms with Crippen LogP contribution in [0.2, 0.25) is 10.0 Å². The maximum absolute atomic E-state index is 13.9. The molecule has 0 aliphatic carbocycles. The molecular weight excluding hydrogens is 557 g/mol. The number of nitrogens with zero attached hydrogens (tertiary/aromatic N) is 2. The van der Waals surface area contributed by atoms with Gasteiger partial charge in [0.05, 0.1) is 15.6 Å². The first kappa shape index (κ1) is 30.5. The van der Waals surface area contributed by atoms with Gasteiger partial charge < -0.3 is 10.2 Å². The molecule has 0 radical (unpaired) electrons. The molecule has 0 fully saturated rings. The van der Waals surface area contributed by atoms with Gasteiger partial charge in [-0.3, -0.25) is 13.9 Å². The van der Waals surface area contributed by atoms with Gasteiger partial charge in [-0.2, -0.15) is 0 Å². The molecule has 1 N–H and O–H groups in total. The monoisotopic (exact) mass is 589 g/mol. The predicted molar refractivity (Wildman–Crippen MR) is 157 cm³/mol. The van der Waals surface area contributed by atoms with E-state index in [1.807, 2.05) is 45.0 Å². The molecule has 0 aromatic heterocycles. The molecule has 2 amide bonds. The second-order valence-electron chi connectivity index (χ2n) is 9.39. The number of rotatable bonds is 11. The summed E-state index contributed by atoms with van der Waals surface area (Å²) in [7, 11) is -4.24. The molecule has 7 nitrogen and oxygen atoms in total. The van der Waals surface area contributed by atoms with Crippen molar-refractivity contribution in [3.05, 3.63) is 93.5 Å². The van der Waals surface area contributed by atoms with Crippen LogP contribution in [0.4, 0.5) is 5.69 Å². The number of nitrogens with one attached hydrogen (secondary N) is 1. The van der Waals surface area contributed by atoms with Crippen LogP contribution in [0.25, 0.3) is 0 Å². The molecule has 0 saturated carbocycles. The standard InChI is InChI=1S/C29H33Cl2N3O4S/c1-5-16-32-29(36)22(4)33(18-23-10-6-20(2)7-11-23)28(35)19-34(27-17-24(30)12-15-26(27)31)39(37,38)25-13-8-21(3)9-14-25/h6-15,17,22H,5,16,18-19H2,1-4H3,(H,32,36).